The molecule has 25 heavy (non-hydrogen) atoms. The molecule has 9 nitrogen and oxygen atoms in total. The van der Waals surface area contributed by atoms with Crippen LogP contribution in [-0.2, 0) is 9.53 Å². The number of carbonyl (C=O) groups is 1. The van der Waals surface area contributed by atoms with Crippen LogP contribution in [0.5, 0.6) is 5.75 Å². The lowest BCUT2D eigenvalue weighted by atomic mass is 9.97. The first-order valence-electron chi connectivity index (χ1n) is 7.49. The molecule has 0 unspecified atom stereocenters. The molecule has 5 atom stereocenters. The van der Waals surface area contributed by atoms with E-state index in [0.29, 0.717) is 16.0 Å². The summed E-state index contributed by atoms with van der Waals surface area (Å²) in [5.74, 6) is -0.135. The second-order valence-electron chi connectivity index (χ2n) is 5.61. The molecule has 10 heteroatoms. The summed E-state index contributed by atoms with van der Waals surface area (Å²) in [7, 11) is 0. The summed E-state index contributed by atoms with van der Waals surface area (Å²) in [6.07, 6.45) is -5.00. The Balaban J connectivity index is 1.86. The molecule has 2 heterocycles. The number of carbonyl (C=O) groups excluding carboxylic acids is 1. The maximum Gasteiger partial charge on any atom is 0.396 e. The van der Waals surface area contributed by atoms with Crippen LogP contribution in [0.4, 0.5) is 0 Å². The Hall–Kier alpha value is -1.98. The van der Waals surface area contributed by atoms with Crippen molar-refractivity contribution < 1.29 is 34.0 Å². The van der Waals surface area contributed by atoms with E-state index in [0.717, 1.165) is 11.3 Å². The highest BCUT2D eigenvalue weighted by atomic mass is 32.1. The molecule has 2 aromatic rings. The first-order chi connectivity index (χ1) is 11.9. The maximum atomic E-state index is 11.4. The summed E-state index contributed by atoms with van der Waals surface area (Å²) in [4.78, 5) is 22.2. The molecule has 0 radical (unpaired) electrons. The predicted octanol–water partition coefficient (Wildman–Crippen LogP) is -0.823. The van der Waals surface area contributed by atoms with Crippen molar-refractivity contribution in [1.29, 1.82) is 0 Å². The van der Waals surface area contributed by atoms with Crippen LogP contribution in [0, 0.1) is 0 Å². The third kappa shape index (κ3) is 3.67. The van der Waals surface area contributed by atoms with E-state index in [9.17, 15) is 24.9 Å². The summed E-state index contributed by atoms with van der Waals surface area (Å²) in [5, 5.41) is 31.9. The van der Waals surface area contributed by atoms with Crippen LogP contribution in [0.25, 0.3) is 10.3 Å². The number of rotatable bonds is 4. The lowest BCUT2D eigenvalue weighted by Crippen LogP contribution is -2.65. The minimum absolute atomic E-state index is 0.310. The van der Waals surface area contributed by atoms with Crippen LogP contribution in [0.1, 0.15) is 6.92 Å². The van der Waals surface area contributed by atoms with Gasteiger partial charge in [-0.25, -0.2) is 4.79 Å². The smallest absolute Gasteiger partial charge is 0.396 e. The first kappa shape index (κ1) is 17.8. The van der Waals surface area contributed by atoms with Crippen molar-refractivity contribution in [1.82, 2.24) is 5.32 Å². The highest BCUT2D eigenvalue weighted by Crippen LogP contribution is 2.27. The standard InChI is InChI=1S/C15H17NO8S/c1-6(18)16-11-13(20)12(19)9(5-17)23-14(11)22-7-2-3-8-10(4-7)25-15(21)24-8/h2-4,9,11-14,17,19-20H,5H2,1H3,(H,16,18)/t9-,11+,12+,13+,14+/m1/s1. The molecule has 1 aliphatic rings. The van der Waals surface area contributed by atoms with Crippen molar-refractivity contribution in [2.24, 2.45) is 0 Å². The number of aliphatic hydroxyl groups excluding tert-OH is 3. The van der Waals surface area contributed by atoms with Crippen LogP contribution in [-0.4, -0.2) is 58.5 Å². The summed E-state index contributed by atoms with van der Waals surface area (Å²) in [5.41, 5.74) is 0.411. The molecule has 0 aliphatic carbocycles. The number of aliphatic hydroxyl groups is 3. The van der Waals surface area contributed by atoms with Gasteiger partial charge in [0.05, 0.1) is 11.3 Å². The summed E-state index contributed by atoms with van der Waals surface area (Å²) >= 11 is 0.904. The average molecular weight is 371 g/mol. The van der Waals surface area contributed by atoms with Crippen molar-refractivity contribution in [2.75, 3.05) is 6.61 Å². The van der Waals surface area contributed by atoms with E-state index < -0.39 is 48.1 Å². The minimum Gasteiger partial charge on any atom is -0.463 e. The zero-order valence-corrected chi connectivity index (χ0v) is 13.9. The molecule has 1 amide bonds. The third-order valence-corrected chi connectivity index (χ3v) is 4.59. The fourth-order valence-corrected chi connectivity index (χ4v) is 3.33. The molecule has 0 bridgehead atoms. The average Bonchev–Trinajstić information content (AvgIpc) is 2.93. The Morgan fingerprint density at radius 2 is 2.12 bits per heavy atom. The van der Waals surface area contributed by atoms with Crippen molar-refractivity contribution in [3.05, 3.63) is 27.9 Å². The van der Waals surface area contributed by atoms with E-state index in [2.05, 4.69) is 5.32 Å². The number of ether oxygens (including phenoxy) is 2. The Morgan fingerprint density at radius 1 is 1.36 bits per heavy atom. The molecule has 1 aliphatic heterocycles. The SMILES string of the molecule is CC(=O)N[C@@H]1[C@@H](Oc2ccc3oc(=O)sc3c2)O[C@H](CO)[C@H](O)[C@H]1O. The molecule has 3 rings (SSSR count). The van der Waals surface area contributed by atoms with Gasteiger partial charge < -0.3 is 34.5 Å². The first-order valence-corrected chi connectivity index (χ1v) is 8.30. The molecule has 1 aromatic carbocycles. The molecule has 4 N–H and O–H groups in total. The largest absolute Gasteiger partial charge is 0.463 e. The summed E-state index contributed by atoms with van der Waals surface area (Å²) < 4.78 is 16.7. The van der Waals surface area contributed by atoms with Crippen LogP contribution >= 0.6 is 11.3 Å². The normalized spacial score (nSPS) is 29.5. The molecular formula is C15H17NO8S. The van der Waals surface area contributed by atoms with Gasteiger partial charge in [-0.1, -0.05) is 11.3 Å². The third-order valence-electron chi connectivity index (χ3n) is 3.80. The number of hydrogen-bond acceptors (Lipinski definition) is 9. The molecule has 1 aromatic heterocycles. The molecule has 0 spiro atoms. The Kier molecular flexibility index (Phi) is 5.06. The van der Waals surface area contributed by atoms with Crippen LogP contribution in [0.2, 0.25) is 0 Å². The van der Waals surface area contributed by atoms with E-state index in [-0.39, 0.29) is 0 Å². The van der Waals surface area contributed by atoms with E-state index in [1.54, 1.807) is 12.1 Å². The maximum absolute atomic E-state index is 11.4. The van der Waals surface area contributed by atoms with Gasteiger partial charge >= 0.3 is 4.94 Å². The van der Waals surface area contributed by atoms with E-state index >= 15 is 0 Å². The second-order valence-corrected chi connectivity index (χ2v) is 6.59. The number of fused-ring (bicyclic) bond motifs is 1. The van der Waals surface area contributed by atoms with Crippen LogP contribution in [0.3, 0.4) is 0 Å². The number of nitrogens with one attached hydrogen (secondary N) is 1. The fourth-order valence-electron chi connectivity index (χ4n) is 2.63. The van der Waals surface area contributed by atoms with Crippen molar-refractivity contribution in [3.8, 4) is 5.75 Å². The van der Waals surface area contributed by atoms with Gasteiger partial charge in [0.25, 0.3) is 0 Å². The molecule has 1 saturated heterocycles. The van der Waals surface area contributed by atoms with Gasteiger partial charge in [-0.3, -0.25) is 4.79 Å². The Morgan fingerprint density at radius 3 is 2.80 bits per heavy atom. The van der Waals surface area contributed by atoms with Gasteiger partial charge in [-0.05, 0) is 12.1 Å². The van der Waals surface area contributed by atoms with Crippen LogP contribution in [0.15, 0.2) is 27.4 Å². The lowest BCUT2D eigenvalue weighted by Gasteiger charge is -2.42. The number of amides is 1. The Labute approximate surface area is 145 Å². The molecule has 136 valence electrons. The molecular weight excluding hydrogens is 354 g/mol. The zero-order valence-electron chi connectivity index (χ0n) is 13.1. The van der Waals surface area contributed by atoms with Crippen molar-refractivity contribution >= 4 is 27.5 Å². The molecule has 0 saturated carbocycles. The lowest BCUT2D eigenvalue weighted by molar-refractivity contribution is -0.244. The monoisotopic (exact) mass is 371 g/mol. The van der Waals surface area contributed by atoms with Crippen molar-refractivity contribution in [2.45, 2.75) is 37.6 Å². The summed E-state index contributed by atoms with van der Waals surface area (Å²) in [6, 6.07) is 3.60. The molecule has 1 fully saturated rings. The van der Waals surface area contributed by atoms with Crippen molar-refractivity contribution in [3.63, 3.8) is 0 Å². The minimum atomic E-state index is -1.39. The quantitative estimate of drug-likeness (QED) is 0.547. The highest BCUT2D eigenvalue weighted by Gasteiger charge is 2.46. The number of hydrogen-bond donors (Lipinski definition) is 4. The van der Waals surface area contributed by atoms with Gasteiger partial charge in [0.2, 0.25) is 12.2 Å². The highest BCUT2D eigenvalue weighted by molar-refractivity contribution is 7.16. The van der Waals surface area contributed by atoms with Gasteiger partial charge in [0.1, 0.15) is 35.7 Å². The topological polar surface area (TPSA) is 138 Å². The number of benzene rings is 1. The summed E-state index contributed by atoms with van der Waals surface area (Å²) in [6.45, 7) is 0.719. The van der Waals surface area contributed by atoms with Gasteiger partial charge in [-0.2, -0.15) is 0 Å². The van der Waals surface area contributed by atoms with Gasteiger partial charge in [0, 0.05) is 13.0 Å². The fraction of sp³-hybridized carbons (Fsp3) is 0.467. The van der Waals surface area contributed by atoms with Gasteiger partial charge in [-0.15, -0.1) is 0 Å². The van der Waals surface area contributed by atoms with E-state index in [4.69, 9.17) is 13.9 Å². The zero-order chi connectivity index (χ0) is 18.1. The van der Waals surface area contributed by atoms with E-state index in [1.807, 2.05) is 0 Å². The van der Waals surface area contributed by atoms with Crippen LogP contribution < -0.4 is 15.0 Å². The Bertz CT molecular complexity index is 817. The van der Waals surface area contributed by atoms with E-state index in [1.165, 1.54) is 13.0 Å². The van der Waals surface area contributed by atoms with Gasteiger partial charge in [0.15, 0.2) is 0 Å². The second kappa shape index (κ2) is 7.10. The predicted molar refractivity (Wildman–Crippen MR) is 86.4 cm³/mol.